The number of piperidine rings is 1. The fourth-order valence-corrected chi connectivity index (χ4v) is 5.48. The summed E-state index contributed by atoms with van der Waals surface area (Å²) in [5.74, 6) is 0.907. The first-order valence-electron chi connectivity index (χ1n) is 13.7. The lowest BCUT2D eigenvalue weighted by atomic mass is 10.0. The van der Waals surface area contributed by atoms with Gasteiger partial charge in [0.25, 0.3) is 0 Å². The van der Waals surface area contributed by atoms with Gasteiger partial charge in [0.05, 0.1) is 33.5 Å². The maximum Gasteiger partial charge on any atom is 0.234 e. The van der Waals surface area contributed by atoms with E-state index in [1.165, 1.54) is 5.56 Å². The zero-order valence-corrected chi connectivity index (χ0v) is 22.3. The van der Waals surface area contributed by atoms with E-state index in [9.17, 15) is 0 Å². The normalized spacial score (nSPS) is 14.3. The first-order valence-corrected chi connectivity index (χ1v) is 13.7. The number of nitrogens with one attached hydrogen (secondary N) is 2. The molecule has 1 aliphatic heterocycles. The van der Waals surface area contributed by atoms with Crippen molar-refractivity contribution in [3.8, 4) is 28.6 Å². The second-order valence-corrected chi connectivity index (χ2v) is 10.3. The molecule has 200 valence electrons. The number of benzene rings is 3. The van der Waals surface area contributed by atoms with Gasteiger partial charge < -0.3 is 10.3 Å². The van der Waals surface area contributed by atoms with Crippen LogP contribution in [-0.2, 0) is 6.54 Å². The number of rotatable bonds is 6. The highest BCUT2D eigenvalue weighted by Gasteiger charge is 2.20. The van der Waals surface area contributed by atoms with Gasteiger partial charge in [-0.2, -0.15) is 5.26 Å². The van der Waals surface area contributed by atoms with E-state index in [-0.39, 0.29) is 5.82 Å². The molecule has 1 saturated heterocycles. The molecule has 1 fully saturated rings. The summed E-state index contributed by atoms with van der Waals surface area (Å²) in [6, 6.07) is 27.2. The Hall–Kier alpha value is -5.20. The van der Waals surface area contributed by atoms with Crippen LogP contribution < -0.4 is 5.32 Å². The molecule has 3 aromatic carbocycles. The Morgan fingerprint density at radius 3 is 2.41 bits per heavy atom. The molecule has 1 aliphatic rings. The Balaban J connectivity index is 1.09. The second kappa shape index (κ2) is 10.8. The van der Waals surface area contributed by atoms with Crippen LogP contribution in [-0.4, -0.2) is 53.9 Å². The maximum absolute atomic E-state index is 9.04. The zero-order valence-electron chi connectivity index (χ0n) is 22.3. The average molecular weight is 538 g/mol. The van der Waals surface area contributed by atoms with Crippen molar-refractivity contribution in [3.63, 3.8) is 0 Å². The quantitative estimate of drug-likeness (QED) is 0.283. The van der Waals surface area contributed by atoms with Crippen LogP contribution in [0.4, 0.5) is 5.82 Å². The largest absolute Gasteiger partial charge is 0.367 e. The van der Waals surface area contributed by atoms with Crippen molar-refractivity contribution in [2.24, 2.45) is 0 Å². The number of aromatic amines is 1. The van der Waals surface area contributed by atoms with E-state index in [0.717, 1.165) is 77.1 Å². The number of H-pyrrole nitrogens is 1. The van der Waals surface area contributed by atoms with Crippen molar-refractivity contribution in [1.29, 1.82) is 5.26 Å². The summed E-state index contributed by atoms with van der Waals surface area (Å²) in [6.07, 6.45) is 5.24. The number of nitrogens with zero attached hydrogens (tertiary/aromatic N) is 7. The van der Waals surface area contributed by atoms with Crippen LogP contribution in [0.2, 0.25) is 0 Å². The number of likely N-dealkylation sites (tertiary alicyclic amines) is 1. The third kappa shape index (κ3) is 5.21. The summed E-state index contributed by atoms with van der Waals surface area (Å²) < 4.78 is 0. The number of anilines is 1. The molecule has 9 nitrogen and oxygen atoms in total. The third-order valence-corrected chi connectivity index (χ3v) is 7.61. The van der Waals surface area contributed by atoms with Crippen LogP contribution in [0.25, 0.3) is 44.6 Å². The summed E-state index contributed by atoms with van der Waals surface area (Å²) in [7, 11) is 0. The molecule has 9 heteroatoms. The number of hydrogen-bond acceptors (Lipinski definition) is 8. The fraction of sp³-hybridized carbons (Fsp3) is 0.188. The molecule has 0 saturated carbocycles. The number of hydrogen-bond donors (Lipinski definition) is 2. The van der Waals surface area contributed by atoms with E-state index in [1.807, 2.05) is 42.5 Å². The first-order chi connectivity index (χ1) is 20.2. The lowest BCUT2D eigenvalue weighted by Crippen LogP contribution is -2.38. The molecule has 0 bridgehead atoms. The molecule has 0 aliphatic carbocycles. The van der Waals surface area contributed by atoms with Gasteiger partial charge in [0.2, 0.25) is 5.82 Å². The Bertz CT molecular complexity index is 1870. The summed E-state index contributed by atoms with van der Waals surface area (Å²) in [4.78, 5) is 28.1. The van der Waals surface area contributed by atoms with E-state index in [0.29, 0.717) is 11.9 Å². The minimum Gasteiger partial charge on any atom is -0.367 e. The lowest BCUT2D eigenvalue weighted by molar-refractivity contribution is 0.211. The van der Waals surface area contributed by atoms with Crippen molar-refractivity contribution >= 4 is 27.9 Å². The summed E-state index contributed by atoms with van der Waals surface area (Å²) in [6.45, 7) is 2.89. The predicted molar refractivity (Wildman–Crippen MR) is 159 cm³/mol. The standard InChI is InChI=1S/C32H27N9/c33-18-30-34-13-10-29(40-30)37-24-11-14-41(15-12-24)19-21-6-8-23(9-7-21)32-31(22-4-2-1-3-5-22)38-27-16-25-26(36-20-35-25)17-28(27)39-32/h1-10,13,16-17,20,24,39H,11-12,14-15,19H2,(H,34,37,40). The van der Waals surface area contributed by atoms with Crippen molar-refractivity contribution < 1.29 is 0 Å². The van der Waals surface area contributed by atoms with Crippen LogP contribution in [0.1, 0.15) is 24.2 Å². The molecule has 0 atom stereocenters. The fourth-order valence-electron chi connectivity index (χ4n) is 5.48. The molecule has 41 heavy (non-hydrogen) atoms. The van der Waals surface area contributed by atoms with Crippen LogP contribution in [0.5, 0.6) is 0 Å². The van der Waals surface area contributed by atoms with Gasteiger partial charge in [0.15, 0.2) is 0 Å². The molecule has 4 heterocycles. The Morgan fingerprint density at radius 1 is 0.854 bits per heavy atom. The summed E-state index contributed by atoms with van der Waals surface area (Å²) in [5.41, 5.74) is 8.79. The van der Waals surface area contributed by atoms with Crippen molar-refractivity contribution in [1.82, 2.24) is 34.8 Å². The molecule has 0 radical (unpaired) electrons. The van der Waals surface area contributed by atoms with E-state index in [2.05, 4.69) is 71.5 Å². The van der Waals surface area contributed by atoms with Crippen LogP contribution in [0.15, 0.2) is 85.3 Å². The highest BCUT2D eigenvalue weighted by atomic mass is 15.1. The smallest absolute Gasteiger partial charge is 0.234 e. The van der Waals surface area contributed by atoms with Gasteiger partial charge >= 0.3 is 0 Å². The molecule has 2 N–H and O–H groups in total. The second-order valence-electron chi connectivity index (χ2n) is 10.3. The highest BCUT2D eigenvalue weighted by molar-refractivity contribution is 5.94. The number of imidazole rings is 1. The average Bonchev–Trinajstić information content (AvgIpc) is 3.48. The molecule has 0 spiro atoms. The Labute approximate surface area is 237 Å². The number of aromatic nitrogens is 6. The van der Waals surface area contributed by atoms with Gasteiger partial charge in [-0.05, 0) is 36.6 Å². The minimum atomic E-state index is 0.192. The minimum absolute atomic E-state index is 0.192. The topological polar surface area (TPSA) is 119 Å². The number of fused-ring (bicyclic) bond motifs is 2. The van der Waals surface area contributed by atoms with Crippen molar-refractivity contribution in [2.75, 3.05) is 18.4 Å². The van der Waals surface area contributed by atoms with E-state index >= 15 is 0 Å². The van der Waals surface area contributed by atoms with Gasteiger partial charge in [-0.1, -0.05) is 54.6 Å². The van der Waals surface area contributed by atoms with Gasteiger partial charge in [0, 0.05) is 43.0 Å². The Morgan fingerprint density at radius 2 is 1.63 bits per heavy atom. The first kappa shape index (κ1) is 24.8. The highest BCUT2D eigenvalue weighted by Crippen LogP contribution is 2.32. The molecule has 3 aromatic heterocycles. The monoisotopic (exact) mass is 537 g/mol. The van der Waals surface area contributed by atoms with Crippen molar-refractivity contribution in [3.05, 3.63) is 96.7 Å². The van der Waals surface area contributed by atoms with Gasteiger partial charge in [-0.15, -0.1) is 0 Å². The third-order valence-electron chi connectivity index (χ3n) is 7.61. The van der Waals surface area contributed by atoms with Crippen molar-refractivity contribution in [2.45, 2.75) is 25.4 Å². The maximum atomic E-state index is 9.04. The molecule has 6 aromatic rings. The van der Waals surface area contributed by atoms with E-state index in [1.54, 1.807) is 12.5 Å². The molecule has 0 unspecified atom stereocenters. The zero-order chi connectivity index (χ0) is 27.6. The molecule has 0 amide bonds. The summed E-state index contributed by atoms with van der Waals surface area (Å²) >= 11 is 0. The molecular formula is C32H27N9. The molecular weight excluding hydrogens is 510 g/mol. The van der Waals surface area contributed by atoms with Gasteiger partial charge in [0.1, 0.15) is 18.2 Å². The van der Waals surface area contributed by atoms with E-state index < -0.39 is 0 Å². The van der Waals surface area contributed by atoms with Gasteiger partial charge in [-0.3, -0.25) is 4.90 Å². The molecule has 7 rings (SSSR count). The van der Waals surface area contributed by atoms with Crippen LogP contribution in [0, 0.1) is 11.3 Å². The van der Waals surface area contributed by atoms with Crippen LogP contribution >= 0.6 is 0 Å². The lowest BCUT2D eigenvalue weighted by Gasteiger charge is -2.32. The Kier molecular flexibility index (Phi) is 6.51. The number of nitriles is 1. The van der Waals surface area contributed by atoms with E-state index in [4.69, 9.17) is 10.2 Å². The summed E-state index contributed by atoms with van der Waals surface area (Å²) in [5, 5.41) is 12.5. The van der Waals surface area contributed by atoms with Gasteiger partial charge in [-0.25, -0.2) is 24.9 Å². The van der Waals surface area contributed by atoms with Crippen LogP contribution in [0.3, 0.4) is 0 Å². The SMILES string of the molecule is N#Cc1nccc(NC2CCN(Cc3ccc(-c4[nH]c5cc6ncnc6cc5nc4-c4ccccc4)cc3)CC2)n1. The predicted octanol–water partition coefficient (Wildman–Crippen LogP) is 5.58.